The Hall–Kier alpha value is -0.0400. The van der Waals surface area contributed by atoms with Crippen LogP contribution >= 0.6 is 0 Å². The van der Waals surface area contributed by atoms with Crippen molar-refractivity contribution in [3.63, 3.8) is 0 Å². The molecule has 2 unspecified atom stereocenters. The molecule has 0 N–H and O–H groups in total. The first kappa shape index (κ1) is 8.06. The van der Waals surface area contributed by atoms with Crippen LogP contribution in [0.15, 0.2) is 0 Å². The molecule has 1 nitrogen and oxygen atoms in total. The molecule has 0 saturated carbocycles. The van der Waals surface area contributed by atoms with E-state index in [1.807, 2.05) is 0 Å². The van der Waals surface area contributed by atoms with Crippen molar-refractivity contribution < 1.29 is 4.74 Å². The van der Waals surface area contributed by atoms with Crippen LogP contribution in [0.4, 0.5) is 0 Å². The molecular formula is C9H16O. The summed E-state index contributed by atoms with van der Waals surface area (Å²) in [6, 6.07) is 0. The van der Waals surface area contributed by atoms with Crippen molar-refractivity contribution in [2.75, 3.05) is 6.61 Å². The molecule has 0 aromatic rings. The molecule has 0 amide bonds. The third kappa shape index (κ3) is 1.98. The third-order valence-electron chi connectivity index (χ3n) is 2.16. The van der Waals surface area contributed by atoms with Gasteiger partial charge in [0.15, 0.2) is 0 Å². The second kappa shape index (κ2) is 3.97. The van der Waals surface area contributed by atoms with Crippen LogP contribution in [0.3, 0.4) is 0 Å². The van der Waals surface area contributed by atoms with E-state index < -0.39 is 0 Å². The quantitative estimate of drug-likeness (QED) is 0.572. The van der Waals surface area contributed by atoms with Crippen molar-refractivity contribution in [2.24, 2.45) is 5.92 Å². The first-order chi connectivity index (χ1) is 4.84. The summed E-state index contributed by atoms with van der Waals surface area (Å²) in [4.78, 5) is 0. The molecule has 0 aromatic carbocycles. The van der Waals surface area contributed by atoms with E-state index in [1.54, 1.807) is 0 Å². The van der Waals surface area contributed by atoms with Crippen molar-refractivity contribution >= 4 is 0 Å². The van der Waals surface area contributed by atoms with Gasteiger partial charge in [-0.2, -0.15) is 0 Å². The predicted molar refractivity (Wildman–Crippen MR) is 41.7 cm³/mol. The summed E-state index contributed by atoms with van der Waals surface area (Å²) in [5.74, 6) is 0.264. The van der Waals surface area contributed by atoms with E-state index in [1.165, 1.54) is 12.8 Å². The number of ether oxygens (including phenoxy) is 1. The van der Waals surface area contributed by atoms with Crippen molar-refractivity contribution in [3.8, 4) is 0 Å². The standard InChI is InChI=1S/C9H16O/c1-3-8(2)9-6-4-5-7-10-9/h2,8-9H,3-7H2,1H3. The van der Waals surface area contributed by atoms with Gasteiger partial charge in [0.1, 0.15) is 0 Å². The minimum Gasteiger partial charge on any atom is -0.378 e. The fraction of sp³-hybridized carbons (Fsp3) is 0.889. The molecule has 1 heteroatoms. The van der Waals surface area contributed by atoms with Gasteiger partial charge in [0.2, 0.25) is 0 Å². The average Bonchev–Trinajstić information content (AvgIpc) is 2.05. The van der Waals surface area contributed by atoms with E-state index in [0.29, 0.717) is 6.10 Å². The zero-order valence-electron chi connectivity index (χ0n) is 6.68. The molecule has 2 atom stereocenters. The molecule has 1 heterocycles. The minimum absolute atomic E-state index is 0.264. The molecule has 0 aromatic heterocycles. The summed E-state index contributed by atoms with van der Waals surface area (Å²) in [7, 11) is 0. The van der Waals surface area contributed by atoms with Crippen molar-refractivity contribution in [3.05, 3.63) is 6.92 Å². The van der Waals surface area contributed by atoms with Crippen LogP contribution in [0, 0.1) is 12.8 Å². The Kier molecular flexibility index (Phi) is 3.20. The maximum Gasteiger partial charge on any atom is 0.0606 e. The monoisotopic (exact) mass is 140 g/mol. The molecular weight excluding hydrogens is 124 g/mol. The van der Waals surface area contributed by atoms with Crippen LogP contribution in [-0.2, 0) is 4.74 Å². The normalized spacial score (nSPS) is 30.0. The van der Waals surface area contributed by atoms with Crippen LogP contribution < -0.4 is 0 Å². The highest BCUT2D eigenvalue weighted by atomic mass is 16.5. The van der Waals surface area contributed by atoms with Gasteiger partial charge in [-0.25, -0.2) is 0 Å². The fourth-order valence-corrected chi connectivity index (χ4v) is 1.37. The van der Waals surface area contributed by atoms with Crippen molar-refractivity contribution in [1.82, 2.24) is 0 Å². The molecule has 0 aliphatic carbocycles. The topological polar surface area (TPSA) is 9.23 Å². The van der Waals surface area contributed by atoms with Crippen LogP contribution in [0.2, 0.25) is 0 Å². The zero-order valence-corrected chi connectivity index (χ0v) is 6.68. The van der Waals surface area contributed by atoms with Gasteiger partial charge < -0.3 is 4.74 Å². The summed E-state index contributed by atoms with van der Waals surface area (Å²) in [6.45, 7) is 8.85. The SMILES string of the molecule is [CH]C(CC)C1CCCCO1. The fourth-order valence-electron chi connectivity index (χ4n) is 1.37. The third-order valence-corrected chi connectivity index (χ3v) is 2.16. The summed E-state index contributed by atoms with van der Waals surface area (Å²) in [5, 5.41) is 0. The highest BCUT2D eigenvalue weighted by Crippen LogP contribution is 2.21. The summed E-state index contributed by atoms with van der Waals surface area (Å²) >= 11 is 0. The predicted octanol–water partition coefficient (Wildman–Crippen LogP) is 2.29. The maximum absolute atomic E-state index is 5.82. The lowest BCUT2D eigenvalue weighted by Gasteiger charge is -2.26. The minimum atomic E-state index is 0.264. The van der Waals surface area contributed by atoms with Crippen LogP contribution in [-0.4, -0.2) is 12.7 Å². The van der Waals surface area contributed by atoms with E-state index in [2.05, 4.69) is 6.92 Å². The maximum atomic E-state index is 5.82. The number of rotatable bonds is 2. The molecule has 58 valence electrons. The van der Waals surface area contributed by atoms with Gasteiger partial charge in [-0.05, 0) is 32.1 Å². The van der Waals surface area contributed by atoms with Gasteiger partial charge in [0.25, 0.3) is 0 Å². The van der Waals surface area contributed by atoms with Gasteiger partial charge in [-0.1, -0.05) is 13.3 Å². The lowest BCUT2D eigenvalue weighted by Crippen LogP contribution is -2.25. The molecule has 1 aliphatic rings. The molecule has 1 aliphatic heterocycles. The summed E-state index contributed by atoms with van der Waals surface area (Å²) < 4.78 is 5.51. The van der Waals surface area contributed by atoms with Crippen LogP contribution in [0.5, 0.6) is 0 Å². The number of hydrogen-bond acceptors (Lipinski definition) is 1. The van der Waals surface area contributed by atoms with Gasteiger partial charge in [0.05, 0.1) is 6.10 Å². The smallest absolute Gasteiger partial charge is 0.0606 e. The highest BCUT2D eigenvalue weighted by molar-refractivity contribution is 4.73. The van der Waals surface area contributed by atoms with Gasteiger partial charge in [0, 0.05) is 6.61 Å². The van der Waals surface area contributed by atoms with Crippen molar-refractivity contribution in [1.29, 1.82) is 0 Å². The Bertz CT molecular complexity index is 84.7. The lowest BCUT2D eigenvalue weighted by molar-refractivity contribution is -0.0104. The Morgan fingerprint density at radius 2 is 2.40 bits per heavy atom. The first-order valence-electron chi connectivity index (χ1n) is 4.21. The lowest BCUT2D eigenvalue weighted by atomic mass is 9.95. The molecule has 10 heavy (non-hydrogen) atoms. The molecule has 0 bridgehead atoms. The van der Waals surface area contributed by atoms with Crippen LogP contribution in [0.25, 0.3) is 0 Å². The Morgan fingerprint density at radius 3 is 2.90 bits per heavy atom. The Morgan fingerprint density at radius 1 is 1.60 bits per heavy atom. The average molecular weight is 140 g/mol. The Labute approximate surface area is 63.8 Å². The van der Waals surface area contributed by atoms with Crippen LogP contribution in [0.1, 0.15) is 32.6 Å². The molecule has 1 saturated heterocycles. The highest BCUT2D eigenvalue weighted by Gasteiger charge is 2.18. The van der Waals surface area contributed by atoms with E-state index in [-0.39, 0.29) is 5.92 Å². The van der Waals surface area contributed by atoms with E-state index in [4.69, 9.17) is 11.7 Å². The largest absolute Gasteiger partial charge is 0.378 e. The first-order valence-corrected chi connectivity index (χ1v) is 4.21. The van der Waals surface area contributed by atoms with Gasteiger partial charge >= 0.3 is 0 Å². The molecule has 0 spiro atoms. The van der Waals surface area contributed by atoms with Gasteiger partial charge in [-0.3, -0.25) is 0 Å². The Balaban J connectivity index is 2.24. The molecule has 1 rings (SSSR count). The van der Waals surface area contributed by atoms with Gasteiger partial charge in [-0.15, -0.1) is 0 Å². The van der Waals surface area contributed by atoms with E-state index in [0.717, 1.165) is 19.4 Å². The number of hydrogen-bond donors (Lipinski definition) is 0. The summed E-state index contributed by atoms with van der Waals surface area (Å²) in [5.41, 5.74) is 0. The molecule has 2 radical (unpaired) electrons. The second-order valence-electron chi connectivity index (χ2n) is 2.98. The van der Waals surface area contributed by atoms with Crippen molar-refractivity contribution in [2.45, 2.75) is 38.7 Å². The second-order valence-corrected chi connectivity index (χ2v) is 2.98. The van der Waals surface area contributed by atoms with E-state index >= 15 is 0 Å². The molecule has 1 fully saturated rings. The van der Waals surface area contributed by atoms with E-state index in [9.17, 15) is 0 Å². The summed E-state index contributed by atoms with van der Waals surface area (Å²) in [6.07, 6.45) is 5.05. The zero-order chi connectivity index (χ0) is 7.40.